The maximum Gasteiger partial charge on any atom is 0.501 e. The highest BCUT2D eigenvalue weighted by molar-refractivity contribution is 7.92. The molecule has 0 radical (unpaired) electrons. The number of methoxy groups -OCH3 is 1. The van der Waals surface area contributed by atoms with Crippen LogP contribution < -0.4 is 10.1 Å². The first kappa shape index (κ1) is 20.9. The number of aryl methyl sites for hydroxylation is 1. The summed E-state index contributed by atoms with van der Waals surface area (Å²) in [6, 6.07) is 2.38. The monoisotopic (exact) mass is 431 g/mol. The van der Waals surface area contributed by atoms with Gasteiger partial charge in [-0.25, -0.2) is 8.42 Å². The van der Waals surface area contributed by atoms with Crippen molar-refractivity contribution in [1.29, 1.82) is 0 Å². The third kappa shape index (κ3) is 3.61. The number of alkyl halides is 3. The van der Waals surface area contributed by atoms with Gasteiger partial charge in [-0.05, 0) is 31.5 Å². The number of ketones is 1. The number of benzene rings is 1. The van der Waals surface area contributed by atoms with Gasteiger partial charge in [0.1, 0.15) is 11.5 Å². The zero-order valence-corrected chi connectivity index (χ0v) is 16.2. The van der Waals surface area contributed by atoms with Crippen LogP contribution in [0.15, 0.2) is 27.5 Å². The molecule has 1 aromatic carbocycles. The van der Waals surface area contributed by atoms with E-state index in [1.54, 1.807) is 0 Å². The van der Waals surface area contributed by atoms with Crippen molar-refractivity contribution < 1.29 is 40.3 Å². The standard InChI is InChI=1S/C18H16F3NO6S/c1-9-15-12(23)4-3-5-14(15)28-16(9)17(24)22-11-8-10(6-7-13(11)27-2)29(25,26)18(19,20)21/h6-8H,3-5H2,1-2H3,(H,22,24). The van der Waals surface area contributed by atoms with E-state index in [-0.39, 0.29) is 23.0 Å². The van der Waals surface area contributed by atoms with Gasteiger partial charge in [-0.3, -0.25) is 9.59 Å². The predicted octanol–water partition coefficient (Wildman–Crippen LogP) is 3.66. The summed E-state index contributed by atoms with van der Waals surface area (Å²) in [5.41, 5.74) is -5.13. The van der Waals surface area contributed by atoms with Gasteiger partial charge in [0.2, 0.25) is 0 Å². The van der Waals surface area contributed by atoms with Gasteiger partial charge in [0.05, 0.1) is 23.3 Å². The Balaban J connectivity index is 1.99. The first-order valence-corrected chi connectivity index (χ1v) is 9.92. The average molecular weight is 431 g/mol. The second-order valence-corrected chi connectivity index (χ2v) is 8.34. The van der Waals surface area contributed by atoms with Crippen LogP contribution >= 0.6 is 0 Å². The summed E-state index contributed by atoms with van der Waals surface area (Å²) in [7, 11) is -4.41. The van der Waals surface area contributed by atoms with Crippen LogP contribution in [0.5, 0.6) is 5.75 Å². The second-order valence-electron chi connectivity index (χ2n) is 6.40. The van der Waals surface area contributed by atoms with Crippen LogP contribution in [0.1, 0.15) is 45.1 Å². The molecule has 0 unspecified atom stereocenters. The van der Waals surface area contributed by atoms with Gasteiger partial charge in [0.15, 0.2) is 11.5 Å². The summed E-state index contributed by atoms with van der Waals surface area (Å²) in [6.45, 7) is 1.53. The number of sulfone groups is 1. The SMILES string of the molecule is COc1ccc(S(=O)(=O)C(F)(F)F)cc1NC(=O)c1oc2c(c1C)C(=O)CCC2. The van der Waals surface area contributed by atoms with Crippen molar-refractivity contribution in [2.24, 2.45) is 0 Å². The molecular weight excluding hydrogens is 415 g/mol. The lowest BCUT2D eigenvalue weighted by atomic mass is 9.94. The van der Waals surface area contributed by atoms with Gasteiger partial charge < -0.3 is 14.5 Å². The van der Waals surface area contributed by atoms with Crippen molar-refractivity contribution in [1.82, 2.24) is 0 Å². The molecule has 0 spiro atoms. The average Bonchev–Trinajstić information content (AvgIpc) is 2.98. The fraction of sp³-hybridized carbons (Fsp3) is 0.333. The topological polar surface area (TPSA) is 103 Å². The van der Waals surface area contributed by atoms with E-state index < -0.39 is 26.1 Å². The molecule has 11 heteroatoms. The number of rotatable bonds is 4. The molecule has 0 saturated carbocycles. The molecule has 1 aliphatic rings. The molecule has 0 atom stereocenters. The number of Topliss-reactive ketones (excluding diaryl/α,β-unsaturated/α-hetero) is 1. The zero-order chi connectivity index (χ0) is 21.6. The third-order valence-electron chi connectivity index (χ3n) is 4.55. The van der Waals surface area contributed by atoms with Crippen molar-refractivity contribution in [2.45, 2.75) is 36.6 Å². The Hall–Kier alpha value is -2.82. The zero-order valence-electron chi connectivity index (χ0n) is 15.3. The molecule has 0 saturated heterocycles. The summed E-state index contributed by atoms with van der Waals surface area (Å²) < 4.78 is 72.3. The van der Waals surface area contributed by atoms with E-state index in [0.717, 1.165) is 12.1 Å². The Morgan fingerprint density at radius 1 is 1.24 bits per heavy atom. The molecule has 29 heavy (non-hydrogen) atoms. The van der Waals surface area contributed by atoms with E-state index in [9.17, 15) is 31.2 Å². The minimum absolute atomic E-state index is 0.0514. The third-order valence-corrected chi connectivity index (χ3v) is 6.03. The van der Waals surface area contributed by atoms with Gasteiger partial charge in [-0.1, -0.05) is 0 Å². The Labute approximate surface area is 163 Å². The number of hydrogen-bond donors (Lipinski definition) is 1. The molecule has 1 N–H and O–H groups in total. The van der Waals surface area contributed by atoms with Crippen LogP contribution in [0.4, 0.5) is 18.9 Å². The summed E-state index contributed by atoms with van der Waals surface area (Å²) in [4.78, 5) is 23.7. The number of carbonyl (C=O) groups is 2. The molecule has 0 bridgehead atoms. The molecule has 2 aromatic rings. The van der Waals surface area contributed by atoms with Crippen LogP contribution in [-0.2, 0) is 16.3 Å². The number of nitrogens with one attached hydrogen (secondary N) is 1. The summed E-state index contributed by atoms with van der Waals surface area (Å²) >= 11 is 0. The largest absolute Gasteiger partial charge is 0.501 e. The molecule has 1 amide bonds. The molecule has 0 aliphatic heterocycles. The van der Waals surface area contributed by atoms with Crippen LogP contribution in [0, 0.1) is 6.92 Å². The first-order valence-electron chi connectivity index (χ1n) is 8.43. The number of ether oxygens (including phenoxy) is 1. The fourth-order valence-corrected chi connectivity index (χ4v) is 3.92. The van der Waals surface area contributed by atoms with Gasteiger partial charge in [-0.15, -0.1) is 0 Å². The molecule has 1 heterocycles. The molecule has 156 valence electrons. The number of anilines is 1. The lowest BCUT2D eigenvalue weighted by Gasteiger charge is -2.13. The molecule has 3 rings (SSSR count). The number of halogens is 3. The quantitative estimate of drug-likeness (QED) is 0.793. The maximum atomic E-state index is 12.8. The van der Waals surface area contributed by atoms with Gasteiger partial charge in [0, 0.05) is 18.4 Å². The van der Waals surface area contributed by atoms with Gasteiger partial charge >= 0.3 is 5.51 Å². The van der Waals surface area contributed by atoms with E-state index in [2.05, 4.69) is 5.32 Å². The van der Waals surface area contributed by atoms with Crippen LogP contribution in [0.25, 0.3) is 0 Å². The van der Waals surface area contributed by atoms with Gasteiger partial charge in [0.25, 0.3) is 15.7 Å². The van der Waals surface area contributed by atoms with E-state index in [1.807, 2.05) is 0 Å². The Morgan fingerprint density at radius 3 is 2.52 bits per heavy atom. The van der Waals surface area contributed by atoms with E-state index in [4.69, 9.17) is 9.15 Å². The highest BCUT2D eigenvalue weighted by Crippen LogP contribution is 2.35. The lowest BCUT2D eigenvalue weighted by molar-refractivity contribution is -0.0436. The van der Waals surface area contributed by atoms with E-state index >= 15 is 0 Å². The second kappa shape index (κ2) is 7.21. The summed E-state index contributed by atoms with van der Waals surface area (Å²) in [5.74, 6) is -0.836. The molecule has 7 nitrogen and oxygen atoms in total. The van der Waals surface area contributed by atoms with Crippen LogP contribution in [-0.4, -0.2) is 32.7 Å². The normalized spacial score (nSPS) is 14.4. The minimum atomic E-state index is -5.62. The van der Waals surface area contributed by atoms with Crippen molar-refractivity contribution in [2.75, 3.05) is 12.4 Å². The number of fused-ring (bicyclic) bond motifs is 1. The number of furan rings is 1. The van der Waals surface area contributed by atoms with Crippen LogP contribution in [0.3, 0.4) is 0 Å². The highest BCUT2D eigenvalue weighted by Gasteiger charge is 2.47. The Kier molecular flexibility index (Phi) is 5.20. The summed E-state index contributed by atoms with van der Waals surface area (Å²) in [6.07, 6.45) is 1.41. The smallest absolute Gasteiger partial charge is 0.495 e. The fourth-order valence-electron chi connectivity index (χ4n) is 3.13. The van der Waals surface area contributed by atoms with Crippen molar-refractivity contribution in [3.8, 4) is 5.75 Å². The van der Waals surface area contributed by atoms with Crippen molar-refractivity contribution in [3.05, 3.63) is 40.8 Å². The first-order chi connectivity index (χ1) is 13.5. The molecular formula is C18H16F3NO6S. The van der Waals surface area contributed by atoms with E-state index in [1.165, 1.54) is 14.0 Å². The van der Waals surface area contributed by atoms with Gasteiger partial charge in [-0.2, -0.15) is 13.2 Å². The van der Waals surface area contributed by atoms with Crippen LogP contribution in [0.2, 0.25) is 0 Å². The molecule has 0 fully saturated rings. The van der Waals surface area contributed by atoms with E-state index in [0.29, 0.717) is 42.2 Å². The number of amides is 1. The Bertz CT molecular complexity index is 1100. The van der Waals surface area contributed by atoms with Crippen molar-refractivity contribution >= 4 is 27.2 Å². The highest BCUT2D eigenvalue weighted by atomic mass is 32.2. The maximum absolute atomic E-state index is 12.8. The summed E-state index contributed by atoms with van der Waals surface area (Å²) in [5, 5.41) is 2.31. The lowest BCUT2D eigenvalue weighted by Crippen LogP contribution is -2.23. The minimum Gasteiger partial charge on any atom is -0.495 e. The predicted molar refractivity (Wildman–Crippen MR) is 94.9 cm³/mol. The molecule has 1 aromatic heterocycles. The number of hydrogen-bond acceptors (Lipinski definition) is 6. The number of carbonyl (C=O) groups excluding carboxylic acids is 2. The van der Waals surface area contributed by atoms with Crippen molar-refractivity contribution in [3.63, 3.8) is 0 Å². The molecule has 1 aliphatic carbocycles. The Morgan fingerprint density at radius 2 is 1.93 bits per heavy atom.